The Morgan fingerprint density at radius 3 is 2.48 bits per heavy atom. The summed E-state index contributed by atoms with van der Waals surface area (Å²) in [5, 5.41) is 5.98. The summed E-state index contributed by atoms with van der Waals surface area (Å²) in [7, 11) is 0. The molecule has 1 amide bonds. The number of halogens is 1. The van der Waals surface area contributed by atoms with Crippen LogP contribution in [0.4, 0.5) is 11.4 Å². The van der Waals surface area contributed by atoms with Crippen molar-refractivity contribution in [2.24, 2.45) is 0 Å². The van der Waals surface area contributed by atoms with Crippen LogP contribution in [0.15, 0.2) is 83.3 Å². The molecule has 3 aromatic carbocycles. The number of ether oxygens (including phenoxy) is 1. The van der Waals surface area contributed by atoms with Crippen molar-refractivity contribution in [3.8, 4) is 5.75 Å². The maximum Gasteiger partial charge on any atom is 0.243 e. The van der Waals surface area contributed by atoms with Crippen molar-refractivity contribution in [1.82, 2.24) is 0 Å². The number of nitrogens with one attached hydrogen (secondary N) is 2. The van der Waals surface area contributed by atoms with Crippen molar-refractivity contribution in [2.45, 2.75) is 6.42 Å². The first-order valence-electron chi connectivity index (χ1n) is 8.75. The van der Waals surface area contributed by atoms with E-state index in [1.807, 2.05) is 66.7 Å². The summed E-state index contributed by atoms with van der Waals surface area (Å²) in [6.07, 6.45) is 0.841. The summed E-state index contributed by atoms with van der Waals surface area (Å²) >= 11 is 3.41. The van der Waals surface area contributed by atoms with Crippen LogP contribution in [0.5, 0.6) is 5.75 Å². The largest absolute Gasteiger partial charge is 0.493 e. The number of benzene rings is 3. The Morgan fingerprint density at radius 1 is 0.889 bits per heavy atom. The molecule has 138 valence electrons. The molecule has 0 heterocycles. The van der Waals surface area contributed by atoms with Crippen LogP contribution in [0.25, 0.3) is 0 Å². The fourth-order valence-electron chi connectivity index (χ4n) is 2.58. The SMILES string of the molecule is O=C(CNc1cccc(Br)c1)Nc1cccc(OCCc2ccccc2)c1. The molecule has 27 heavy (non-hydrogen) atoms. The topological polar surface area (TPSA) is 50.4 Å². The quantitative estimate of drug-likeness (QED) is 0.527. The molecule has 0 aliphatic heterocycles. The number of hydrogen-bond acceptors (Lipinski definition) is 3. The molecule has 0 radical (unpaired) electrons. The first-order valence-corrected chi connectivity index (χ1v) is 9.54. The summed E-state index contributed by atoms with van der Waals surface area (Å²) in [6.45, 7) is 0.779. The van der Waals surface area contributed by atoms with Crippen LogP contribution >= 0.6 is 15.9 Å². The van der Waals surface area contributed by atoms with Gasteiger partial charge in [0.05, 0.1) is 13.2 Å². The first kappa shape index (κ1) is 19.0. The van der Waals surface area contributed by atoms with E-state index in [1.165, 1.54) is 5.56 Å². The maximum absolute atomic E-state index is 12.2. The van der Waals surface area contributed by atoms with Gasteiger partial charge in [-0.25, -0.2) is 0 Å². The Balaban J connectivity index is 1.47. The number of anilines is 2. The highest BCUT2D eigenvalue weighted by molar-refractivity contribution is 9.10. The normalized spacial score (nSPS) is 10.3. The van der Waals surface area contributed by atoms with Crippen LogP contribution in [0.3, 0.4) is 0 Å². The van der Waals surface area contributed by atoms with Gasteiger partial charge in [0, 0.05) is 28.3 Å². The van der Waals surface area contributed by atoms with Crippen molar-refractivity contribution < 1.29 is 9.53 Å². The average molecular weight is 425 g/mol. The van der Waals surface area contributed by atoms with Gasteiger partial charge in [-0.3, -0.25) is 4.79 Å². The smallest absolute Gasteiger partial charge is 0.243 e. The molecule has 0 bridgehead atoms. The van der Waals surface area contributed by atoms with Crippen molar-refractivity contribution in [1.29, 1.82) is 0 Å². The van der Waals surface area contributed by atoms with Crippen LogP contribution in [-0.2, 0) is 11.2 Å². The summed E-state index contributed by atoms with van der Waals surface area (Å²) in [5.74, 6) is 0.625. The molecule has 0 atom stereocenters. The second-order valence-electron chi connectivity index (χ2n) is 6.02. The zero-order valence-corrected chi connectivity index (χ0v) is 16.4. The predicted octanol–water partition coefficient (Wildman–Crippen LogP) is 5.12. The van der Waals surface area contributed by atoms with Crippen molar-refractivity contribution in [3.63, 3.8) is 0 Å². The number of hydrogen-bond donors (Lipinski definition) is 2. The number of amides is 1. The van der Waals surface area contributed by atoms with Gasteiger partial charge in [-0.1, -0.05) is 58.4 Å². The van der Waals surface area contributed by atoms with Crippen LogP contribution in [0.2, 0.25) is 0 Å². The first-order chi connectivity index (χ1) is 13.2. The molecule has 0 aromatic heterocycles. The van der Waals surface area contributed by atoms with Gasteiger partial charge < -0.3 is 15.4 Å². The zero-order chi connectivity index (χ0) is 18.9. The van der Waals surface area contributed by atoms with Crippen LogP contribution in [0.1, 0.15) is 5.56 Å². The second kappa shape index (κ2) is 9.78. The van der Waals surface area contributed by atoms with Gasteiger partial charge in [0.1, 0.15) is 5.75 Å². The van der Waals surface area contributed by atoms with Crippen molar-refractivity contribution in [2.75, 3.05) is 23.8 Å². The highest BCUT2D eigenvalue weighted by atomic mass is 79.9. The minimum absolute atomic E-state index is 0.114. The predicted molar refractivity (Wildman–Crippen MR) is 113 cm³/mol. The third-order valence-electron chi connectivity index (χ3n) is 3.90. The molecule has 0 saturated carbocycles. The molecule has 0 aliphatic rings. The number of rotatable bonds is 8. The molecular weight excluding hydrogens is 404 g/mol. The third kappa shape index (κ3) is 6.46. The standard InChI is InChI=1S/C22H21BrN2O2/c23-18-8-4-9-19(14-18)24-16-22(26)25-20-10-5-11-21(15-20)27-13-12-17-6-2-1-3-7-17/h1-11,14-15,24H,12-13,16H2,(H,25,26). The summed E-state index contributed by atoms with van der Waals surface area (Å²) in [6, 6.07) is 25.3. The molecule has 2 N–H and O–H groups in total. The number of carbonyl (C=O) groups is 1. The van der Waals surface area contributed by atoms with E-state index in [0.717, 1.165) is 22.3 Å². The fourth-order valence-corrected chi connectivity index (χ4v) is 2.98. The molecule has 0 unspecified atom stereocenters. The molecule has 5 heteroatoms. The van der Waals surface area contributed by atoms with E-state index in [4.69, 9.17) is 4.74 Å². The lowest BCUT2D eigenvalue weighted by atomic mass is 10.2. The Morgan fingerprint density at radius 2 is 1.67 bits per heavy atom. The van der Waals surface area contributed by atoms with Gasteiger partial charge in [-0.15, -0.1) is 0 Å². The van der Waals surface area contributed by atoms with Gasteiger partial charge >= 0.3 is 0 Å². The average Bonchev–Trinajstić information content (AvgIpc) is 2.68. The van der Waals surface area contributed by atoms with E-state index >= 15 is 0 Å². The van der Waals surface area contributed by atoms with E-state index < -0.39 is 0 Å². The summed E-state index contributed by atoms with van der Waals surface area (Å²) in [4.78, 5) is 12.2. The highest BCUT2D eigenvalue weighted by Crippen LogP contribution is 2.18. The molecule has 0 spiro atoms. The Kier molecular flexibility index (Phi) is 6.88. The van der Waals surface area contributed by atoms with Crippen molar-refractivity contribution in [3.05, 3.63) is 88.9 Å². The van der Waals surface area contributed by atoms with Gasteiger partial charge in [-0.2, -0.15) is 0 Å². The van der Waals surface area contributed by atoms with Gasteiger partial charge in [0.25, 0.3) is 0 Å². The minimum atomic E-state index is -0.114. The molecule has 0 saturated heterocycles. The molecule has 4 nitrogen and oxygen atoms in total. The lowest BCUT2D eigenvalue weighted by Gasteiger charge is -2.10. The molecular formula is C22H21BrN2O2. The maximum atomic E-state index is 12.2. The van der Waals surface area contributed by atoms with Gasteiger partial charge in [0.2, 0.25) is 5.91 Å². The minimum Gasteiger partial charge on any atom is -0.493 e. The zero-order valence-electron chi connectivity index (χ0n) is 14.8. The molecule has 3 aromatic rings. The van der Waals surface area contributed by atoms with Crippen molar-refractivity contribution >= 4 is 33.2 Å². The summed E-state index contributed by atoms with van der Waals surface area (Å²) < 4.78 is 6.77. The highest BCUT2D eigenvalue weighted by Gasteiger charge is 2.04. The molecule has 0 fully saturated rings. The van der Waals surface area contributed by atoms with Gasteiger partial charge in [0.15, 0.2) is 0 Å². The van der Waals surface area contributed by atoms with Crippen LogP contribution in [0, 0.1) is 0 Å². The Bertz CT molecular complexity index is 884. The lowest BCUT2D eigenvalue weighted by Crippen LogP contribution is -2.21. The number of carbonyl (C=O) groups excluding carboxylic acids is 1. The molecule has 0 aliphatic carbocycles. The monoisotopic (exact) mass is 424 g/mol. The van der Waals surface area contributed by atoms with Crippen LogP contribution in [-0.4, -0.2) is 19.1 Å². The molecule has 3 rings (SSSR count). The Labute approximate surface area is 167 Å². The van der Waals surface area contributed by atoms with E-state index in [9.17, 15) is 4.79 Å². The fraction of sp³-hybridized carbons (Fsp3) is 0.136. The van der Waals surface area contributed by atoms with Gasteiger partial charge in [-0.05, 0) is 35.9 Å². The lowest BCUT2D eigenvalue weighted by molar-refractivity contribution is -0.114. The summed E-state index contributed by atoms with van der Waals surface area (Å²) in [5.41, 5.74) is 2.84. The van der Waals surface area contributed by atoms with E-state index in [1.54, 1.807) is 0 Å². The van der Waals surface area contributed by atoms with E-state index in [-0.39, 0.29) is 12.5 Å². The van der Waals surface area contributed by atoms with Crippen LogP contribution < -0.4 is 15.4 Å². The Hall–Kier alpha value is -2.79. The van der Waals surface area contributed by atoms with E-state index in [2.05, 4.69) is 38.7 Å². The third-order valence-corrected chi connectivity index (χ3v) is 4.39. The van der Waals surface area contributed by atoms with E-state index in [0.29, 0.717) is 12.3 Å². The second-order valence-corrected chi connectivity index (χ2v) is 6.94.